The van der Waals surface area contributed by atoms with Crippen LogP contribution in [0.5, 0.6) is 0 Å². The summed E-state index contributed by atoms with van der Waals surface area (Å²) in [5.41, 5.74) is 0.264. The Balaban J connectivity index is 3.29. The van der Waals surface area contributed by atoms with Gasteiger partial charge in [0.1, 0.15) is 17.0 Å². The third-order valence-corrected chi connectivity index (χ3v) is 2.79. The van der Waals surface area contributed by atoms with Crippen molar-refractivity contribution in [3.8, 4) is 0 Å². The van der Waals surface area contributed by atoms with E-state index in [1.165, 1.54) is 0 Å². The minimum Gasteiger partial charge on any atom is -0.379 e. The number of anilines is 1. The van der Waals surface area contributed by atoms with E-state index in [1.807, 2.05) is 6.92 Å². The molecule has 1 heterocycles. The van der Waals surface area contributed by atoms with Gasteiger partial charge in [0, 0.05) is 6.54 Å². The highest BCUT2D eigenvalue weighted by molar-refractivity contribution is 9.10. The molecule has 0 radical (unpaired) electrons. The van der Waals surface area contributed by atoms with Crippen LogP contribution in [0.3, 0.4) is 0 Å². The molecule has 1 rings (SSSR count). The zero-order chi connectivity index (χ0) is 10.7. The van der Waals surface area contributed by atoms with Gasteiger partial charge in [-0.1, -0.05) is 11.6 Å². The van der Waals surface area contributed by atoms with Crippen LogP contribution in [0.1, 0.15) is 6.92 Å². The van der Waals surface area contributed by atoms with Crippen molar-refractivity contribution in [1.29, 1.82) is 0 Å². The quantitative estimate of drug-likeness (QED) is 0.525. The van der Waals surface area contributed by atoms with Crippen molar-refractivity contribution in [2.45, 2.75) is 6.92 Å². The molecule has 0 amide bonds. The van der Waals surface area contributed by atoms with E-state index in [0.717, 1.165) is 6.20 Å². The molecule has 1 N–H and O–H groups in total. The van der Waals surface area contributed by atoms with Crippen LogP contribution in [0.2, 0.25) is 5.15 Å². The maximum absolute atomic E-state index is 10.6. The zero-order valence-electron chi connectivity index (χ0n) is 7.25. The summed E-state index contributed by atoms with van der Waals surface area (Å²) >= 11 is 8.84. The van der Waals surface area contributed by atoms with Crippen molar-refractivity contribution in [3.05, 3.63) is 25.9 Å². The predicted molar refractivity (Wildman–Crippen MR) is 57.8 cm³/mol. The van der Waals surface area contributed by atoms with Gasteiger partial charge in [0.2, 0.25) is 0 Å². The Kier molecular flexibility index (Phi) is 3.65. The van der Waals surface area contributed by atoms with Crippen LogP contribution in [0.25, 0.3) is 0 Å². The number of halogens is 2. The molecular weight excluding hydrogens is 273 g/mol. The van der Waals surface area contributed by atoms with E-state index in [-0.39, 0.29) is 10.8 Å². The molecule has 0 atom stereocenters. The normalized spacial score (nSPS) is 9.93. The highest BCUT2D eigenvalue weighted by Crippen LogP contribution is 2.35. The maximum Gasteiger partial charge on any atom is 0.311 e. The van der Waals surface area contributed by atoms with Crippen LogP contribution in [0.4, 0.5) is 11.4 Å². The number of rotatable bonds is 3. The zero-order valence-corrected chi connectivity index (χ0v) is 9.59. The molecule has 0 unspecified atom stereocenters. The molecule has 0 bridgehead atoms. The van der Waals surface area contributed by atoms with Crippen LogP contribution in [-0.4, -0.2) is 16.5 Å². The maximum atomic E-state index is 10.6. The summed E-state index contributed by atoms with van der Waals surface area (Å²) in [4.78, 5) is 13.8. The number of aromatic nitrogens is 1. The Morgan fingerprint density at radius 2 is 2.43 bits per heavy atom. The van der Waals surface area contributed by atoms with Gasteiger partial charge in [-0.3, -0.25) is 10.1 Å². The molecular formula is C7H7BrClN3O2. The molecule has 1 aromatic heterocycles. The van der Waals surface area contributed by atoms with Crippen molar-refractivity contribution in [2.24, 2.45) is 0 Å². The lowest BCUT2D eigenvalue weighted by Gasteiger charge is -2.06. The highest BCUT2D eigenvalue weighted by Gasteiger charge is 2.19. The van der Waals surface area contributed by atoms with Crippen LogP contribution in [0.15, 0.2) is 10.7 Å². The van der Waals surface area contributed by atoms with E-state index in [1.54, 1.807) is 0 Å². The Morgan fingerprint density at radius 3 is 2.93 bits per heavy atom. The van der Waals surface area contributed by atoms with Crippen molar-refractivity contribution in [2.75, 3.05) is 11.9 Å². The average molecular weight is 281 g/mol. The second kappa shape index (κ2) is 4.56. The molecule has 0 saturated carbocycles. The van der Waals surface area contributed by atoms with Gasteiger partial charge in [-0.15, -0.1) is 0 Å². The summed E-state index contributed by atoms with van der Waals surface area (Å²) in [5.74, 6) is 0. The standard InChI is InChI=1S/C7H7BrClN3O2/c1-2-10-6-4(12(13)14)3-11-7(9)5(6)8/h3H,2H2,1H3,(H,10,11). The fourth-order valence-electron chi connectivity index (χ4n) is 0.938. The number of nitro groups is 1. The first-order valence-corrected chi connectivity index (χ1v) is 4.97. The fraction of sp³-hybridized carbons (Fsp3) is 0.286. The van der Waals surface area contributed by atoms with Crippen molar-refractivity contribution in [3.63, 3.8) is 0 Å². The van der Waals surface area contributed by atoms with E-state index in [0.29, 0.717) is 16.7 Å². The summed E-state index contributed by atoms with van der Waals surface area (Å²) in [6.07, 6.45) is 1.13. The lowest BCUT2D eigenvalue weighted by Crippen LogP contribution is -2.03. The third-order valence-electron chi connectivity index (χ3n) is 1.51. The van der Waals surface area contributed by atoms with Gasteiger partial charge in [0.25, 0.3) is 0 Å². The average Bonchev–Trinajstić information content (AvgIpc) is 2.13. The second-order valence-corrected chi connectivity index (χ2v) is 3.56. The van der Waals surface area contributed by atoms with Crippen LogP contribution in [-0.2, 0) is 0 Å². The van der Waals surface area contributed by atoms with Gasteiger partial charge >= 0.3 is 5.69 Å². The molecule has 14 heavy (non-hydrogen) atoms. The van der Waals surface area contributed by atoms with Crippen LogP contribution >= 0.6 is 27.5 Å². The van der Waals surface area contributed by atoms with Gasteiger partial charge in [0.05, 0.1) is 9.40 Å². The smallest absolute Gasteiger partial charge is 0.311 e. The summed E-state index contributed by atoms with van der Waals surface area (Å²) in [6, 6.07) is 0. The van der Waals surface area contributed by atoms with Crippen LogP contribution in [0, 0.1) is 10.1 Å². The van der Waals surface area contributed by atoms with E-state index in [2.05, 4.69) is 26.2 Å². The number of hydrogen-bond donors (Lipinski definition) is 1. The number of hydrogen-bond acceptors (Lipinski definition) is 4. The van der Waals surface area contributed by atoms with Gasteiger partial charge < -0.3 is 5.32 Å². The Labute approximate surface area is 93.8 Å². The fourth-order valence-corrected chi connectivity index (χ4v) is 1.53. The predicted octanol–water partition coefficient (Wildman–Crippen LogP) is 2.84. The van der Waals surface area contributed by atoms with Gasteiger partial charge in [0.15, 0.2) is 0 Å². The monoisotopic (exact) mass is 279 g/mol. The van der Waals surface area contributed by atoms with Crippen molar-refractivity contribution in [1.82, 2.24) is 4.98 Å². The number of nitrogens with one attached hydrogen (secondary N) is 1. The molecule has 0 saturated heterocycles. The molecule has 0 spiro atoms. The molecule has 1 aromatic rings. The molecule has 0 aliphatic carbocycles. The lowest BCUT2D eigenvalue weighted by molar-refractivity contribution is -0.384. The lowest BCUT2D eigenvalue weighted by atomic mass is 10.3. The molecule has 7 heteroatoms. The molecule has 5 nitrogen and oxygen atoms in total. The molecule has 76 valence electrons. The Bertz CT molecular complexity index is 372. The summed E-state index contributed by atoms with van der Waals surface area (Å²) in [6.45, 7) is 2.41. The van der Waals surface area contributed by atoms with Gasteiger partial charge in [-0.05, 0) is 22.9 Å². The largest absolute Gasteiger partial charge is 0.379 e. The third kappa shape index (κ3) is 2.13. The van der Waals surface area contributed by atoms with Crippen molar-refractivity contribution < 1.29 is 4.92 Å². The Morgan fingerprint density at radius 1 is 1.79 bits per heavy atom. The number of pyridine rings is 1. The molecule has 0 aliphatic rings. The SMILES string of the molecule is CCNc1c([N+](=O)[O-])cnc(Cl)c1Br. The van der Waals surface area contributed by atoms with E-state index >= 15 is 0 Å². The first-order chi connectivity index (χ1) is 6.57. The highest BCUT2D eigenvalue weighted by atomic mass is 79.9. The minimum absolute atomic E-state index is 0.0943. The van der Waals surface area contributed by atoms with Crippen LogP contribution < -0.4 is 5.32 Å². The first kappa shape index (κ1) is 11.2. The first-order valence-electron chi connectivity index (χ1n) is 3.80. The van der Waals surface area contributed by atoms with E-state index < -0.39 is 4.92 Å². The Hall–Kier alpha value is -0.880. The van der Waals surface area contributed by atoms with Gasteiger partial charge in [-0.2, -0.15) is 0 Å². The minimum atomic E-state index is -0.508. The van der Waals surface area contributed by atoms with E-state index in [4.69, 9.17) is 11.6 Å². The summed E-state index contributed by atoms with van der Waals surface area (Å²) < 4.78 is 0.412. The van der Waals surface area contributed by atoms with E-state index in [9.17, 15) is 10.1 Å². The summed E-state index contributed by atoms with van der Waals surface area (Å²) in [7, 11) is 0. The molecule has 0 aromatic carbocycles. The topological polar surface area (TPSA) is 68.1 Å². The molecule has 0 fully saturated rings. The van der Waals surface area contributed by atoms with Gasteiger partial charge in [-0.25, -0.2) is 4.98 Å². The van der Waals surface area contributed by atoms with Crippen molar-refractivity contribution >= 4 is 38.9 Å². The second-order valence-electron chi connectivity index (χ2n) is 2.41. The number of nitrogens with zero attached hydrogens (tertiary/aromatic N) is 2. The molecule has 0 aliphatic heterocycles. The summed E-state index contributed by atoms with van der Waals surface area (Å²) in [5, 5.41) is 13.7.